The molecule has 0 radical (unpaired) electrons. The lowest BCUT2D eigenvalue weighted by Gasteiger charge is -2.20. The molecule has 3 aromatic rings. The maximum absolute atomic E-state index is 10.1. The SMILES string of the molecule is CCn1nc(-c2ccccn2)c2c1N[C@H](C)CS[C@@H]2c1ccc(CCC(C)(C)O)cc1C. The number of rotatable bonds is 6. The quantitative estimate of drug-likeness (QED) is 0.511. The maximum atomic E-state index is 10.1. The van der Waals surface area contributed by atoms with E-state index in [-0.39, 0.29) is 5.25 Å². The second kappa shape index (κ2) is 9.28. The van der Waals surface area contributed by atoms with Gasteiger partial charge in [-0.1, -0.05) is 24.3 Å². The van der Waals surface area contributed by atoms with Gasteiger partial charge in [0, 0.05) is 30.1 Å². The Bertz CT molecular complexity index is 1070. The summed E-state index contributed by atoms with van der Waals surface area (Å²) in [5.74, 6) is 2.13. The zero-order valence-corrected chi connectivity index (χ0v) is 20.5. The summed E-state index contributed by atoms with van der Waals surface area (Å²) < 4.78 is 2.09. The van der Waals surface area contributed by atoms with Crippen LogP contribution in [0.15, 0.2) is 42.6 Å². The molecule has 0 aliphatic carbocycles. The highest BCUT2D eigenvalue weighted by Crippen LogP contribution is 2.47. The first kappa shape index (κ1) is 22.9. The van der Waals surface area contributed by atoms with Crippen molar-refractivity contribution in [3.63, 3.8) is 0 Å². The zero-order valence-electron chi connectivity index (χ0n) is 19.7. The van der Waals surface area contributed by atoms with Gasteiger partial charge in [-0.25, -0.2) is 4.68 Å². The monoisotopic (exact) mass is 450 g/mol. The van der Waals surface area contributed by atoms with Crippen LogP contribution in [0.4, 0.5) is 5.82 Å². The molecule has 1 aliphatic heterocycles. The van der Waals surface area contributed by atoms with Crippen LogP contribution in [0, 0.1) is 6.92 Å². The van der Waals surface area contributed by atoms with Gasteiger partial charge in [0.2, 0.25) is 0 Å². The number of nitrogens with zero attached hydrogens (tertiary/aromatic N) is 3. The molecule has 0 bridgehead atoms. The van der Waals surface area contributed by atoms with Gasteiger partial charge in [0.15, 0.2) is 0 Å². The standard InChI is InChI=1S/C26H34N4OS/c1-6-30-25-22(23(29-30)21-9-7-8-14-27-21)24(32-16-18(3)28-25)20-11-10-19(15-17(20)2)12-13-26(4,5)31/h7-11,14-15,18,24,28,31H,6,12-13,16H2,1-5H3/t18-,24-/m1/s1. The molecule has 0 saturated heterocycles. The number of pyridine rings is 1. The van der Waals surface area contributed by atoms with Gasteiger partial charge in [-0.15, -0.1) is 11.8 Å². The first-order valence-corrected chi connectivity index (χ1v) is 12.5. The van der Waals surface area contributed by atoms with Gasteiger partial charge in [-0.3, -0.25) is 4.98 Å². The highest BCUT2D eigenvalue weighted by molar-refractivity contribution is 7.99. The van der Waals surface area contributed by atoms with Gasteiger partial charge in [-0.2, -0.15) is 5.10 Å². The molecule has 1 aliphatic rings. The fraction of sp³-hybridized carbons (Fsp3) is 0.462. The number of aliphatic hydroxyl groups is 1. The van der Waals surface area contributed by atoms with E-state index >= 15 is 0 Å². The maximum Gasteiger partial charge on any atom is 0.129 e. The van der Waals surface area contributed by atoms with Crippen molar-refractivity contribution in [2.24, 2.45) is 0 Å². The van der Waals surface area contributed by atoms with Crippen LogP contribution in [-0.4, -0.2) is 37.3 Å². The van der Waals surface area contributed by atoms with Gasteiger partial charge in [0.25, 0.3) is 0 Å². The van der Waals surface area contributed by atoms with Gasteiger partial charge in [-0.05, 0) is 76.3 Å². The summed E-state index contributed by atoms with van der Waals surface area (Å²) in [4.78, 5) is 4.63. The highest BCUT2D eigenvalue weighted by Gasteiger charge is 2.32. The normalized spacial score (nSPS) is 18.7. The Hall–Kier alpha value is -2.31. The molecule has 3 heterocycles. The van der Waals surface area contributed by atoms with Crippen LogP contribution in [0.25, 0.3) is 11.4 Å². The third-order valence-corrected chi connectivity index (χ3v) is 7.51. The number of anilines is 1. The van der Waals surface area contributed by atoms with E-state index in [2.05, 4.69) is 54.0 Å². The van der Waals surface area contributed by atoms with E-state index in [0.29, 0.717) is 6.04 Å². The van der Waals surface area contributed by atoms with Crippen LogP contribution >= 0.6 is 11.8 Å². The van der Waals surface area contributed by atoms with Crippen LogP contribution in [0.3, 0.4) is 0 Å². The van der Waals surface area contributed by atoms with Crippen molar-refractivity contribution >= 4 is 17.6 Å². The largest absolute Gasteiger partial charge is 0.390 e. The minimum absolute atomic E-state index is 0.183. The molecule has 2 N–H and O–H groups in total. The fourth-order valence-electron chi connectivity index (χ4n) is 4.28. The summed E-state index contributed by atoms with van der Waals surface area (Å²) in [6.45, 7) is 11.1. The van der Waals surface area contributed by atoms with Crippen LogP contribution in [0.1, 0.15) is 61.6 Å². The van der Waals surface area contributed by atoms with Crippen molar-refractivity contribution in [2.45, 2.75) is 70.9 Å². The van der Waals surface area contributed by atoms with Crippen LogP contribution in [-0.2, 0) is 13.0 Å². The number of benzene rings is 1. The molecule has 6 heteroatoms. The molecule has 5 nitrogen and oxygen atoms in total. The Labute approximate surface area is 195 Å². The first-order valence-electron chi connectivity index (χ1n) is 11.5. The van der Waals surface area contributed by atoms with E-state index in [9.17, 15) is 5.11 Å². The predicted molar refractivity (Wildman–Crippen MR) is 134 cm³/mol. The van der Waals surface area contributed by atoms with Gasteiger partial charge in [0.05, 0.1) is 16.5 Å². The van der Waals surface area contributed by atoms with Crippen molar-refractivity contribution in [3.05, 3.63) is 64.8 Å². The number of nitrogens with one attached hydrogen (secondary N) is 1. The molecule has 4 rings (SSSR count). The molecule has 0 spiro atoms. The van der Waals surface area contributed by atoms with Crippen molar-refractivity contribution in [3.8, 4) is 11.4 Å². The average molecular weight is 451 g/mol. The first-order chi connectivity index (χ1) is 15.3. The minimum Gasteiger partial charge on any atom is -0.390 e. The Morgan fingerprint density at radius 2 is 2.06 bits per heavy atom. The molecule has 0 saturated carbocycles. The third-order valence-electron chi connectivity index (χ3n) is 6.00. The lowest BCUT2D eigenvalue weighted by atomic mass is 9.93. The second-order valence-corrected chi connectivity index (χ2v) is 10.5. The minimum atomic E-state index is -0.646. The summed E-state index contributed by atoms with van der Waals surface area (Å²) in [5, 5.41) is 19.0. The highest BCUT2D eigenvalue weighted by atomic mass is 32.2. The van der Waals surface area contributed by atoms with E-state index in [0.717, 1.165) is 42.3 Å². The number of aromatic nitrogens is 3. The predicted octanol–water partition coefficient (Wildman–Crippen LogP) is 5.61. The Balaban J connectivity index is 1.79. The number of hydrogen-bond donors (Lipinski definition) is 2. The lowest BCUT2D eigenvalue weighted by molar-refractivity contribution is 0.0714. The van der Waals surface area contributed by atoms with Gasteiger partial charge >= 0.3 is 0 Å². The van der Waals surface area contributed by atoms with Crippen molar-refractivity contribution in [1.29, 1.82) is 0 Å². The Morgan fingerprint density at radius 3 is 2.72 bits per heavy atom. The Kier molecular flexibility index (Phi) is 6.63. The van der Waals surface area contributed by atoms with E-state index in [1.54, 1.807) is 0 Å². The summed E-state index contributed by atoms with van der Waals surface area (Å²) in [6, 6.07) is 13.2. The smallest absolute Gasteiger partial charge is 0.129 e. The van der Waals surface area contributed by atoms with Crippen molar-refractivity contribution < 1.29 is 5.11 Å². The van der Waals surface area contributed by atoms with Crippen LogP contribution in [0.2, 0.25) is 0 Å². The second-order valence-electron chi connectivity index (χ2n) is 9.40. The summed E-state index contributed by atoms with van der Waals surface area (Å²) in [6.07, 6.45) is 3.46. The summed E-state index contributed by atoms with van der Waals surface area (Å²) in [7, 11) is 0. The molecule has 0 amide bonds. The van der Waals surface area contributed by atoms with E-state index in [4.69, 9.17) is 5.10 Å². The summed E-state index contributed by atoms with van der Waals surface area (Å²) >= 11 is 1.97. The van der Waals surface area contributed by atoms with E-state index in [1.807, 2.05) is 50.0 Å². The summed E-state index contributed by atoms with van der Waals surface area (Å²) in [5.41, 5.74) is 6.34. The third kappa shape index (κ3) is 4.86. The lowest BCUT2D eigenvalue weighted by Crippen LogP contribution is -2.19. The Morgan fingerprint density at radius 1 is 1.25 bits per heavy atom. The zero-order chi connectivity index (χ0) is 22.9. The van der Waals surface area contributed by atoms with Gasteiger partial charge < -0.3 is 10.4 Å². The topological polar surface area (TPSA) is 63.0 Å². The van der Waals surface area contributed by atoms with E-state index in [1.165, 1.54) is 22.3 Å². The average Bonchev–Trinajstić information content (AvgIpc) is 3.02. The number of fused-ring (bicyclic) bond motifs is 1. The molecular formula is C26H34N4OS. The molecule has 0 unspecified atom stereocenters. The molecule has 170 valence electrons. The molecule has 1 aromatic carbocycles. The molecule has 0 fully saturated rings. The van der Waals surface area contributed by atoms with Crippen molar-refractivity contribution in [1.82, 2.24) is 14.8 Å². The van der Waals surface area contributed by atoms with Crippen molar-refractivity contribution in [2.75, 3.05) is 11.1 Å². The van der Waals surface area contributed by atoms with Gasteiger partial charge in [0.1, 0.15) is 11.5 Å². The van der Waals surface area contributed by atoms with Crippen LogP contribution < -0.4 is 5.32 Å². The number of hydrogen-bond acceptors (Lipinski definition) is 5. The fourth-order valence-corrected chi connectivity index (χ4v) is 5.68. The van der Waals surface area contributed by atoms with Crippen LogP contribution in [0.5, 0.6) is 0 Å². The molecular weight excluding hydrogens is 416 g/mol. The molecule has 2 aromatic heterocycles. The molecule has 32 heavy (non-hydrogen) atoms. The van der Waals surface area contributed by atoms with E-state index < -0.39 is 5.60 Å². The number of thioether (sulfide) groups is 1. The number of aryl methyl sites for hydroxylation is 3. The molecule has 2 atom stereocenters.